The van der Waals surface area contributed by atoms with E-state index in [1.54, 1.807) is 11.6 Å². The highest BCUT2D eigenvalue weighted by atomic mass is 19.4. The Morgan fingerprint density at radius 1 is 1.10 bits per heavy atom. The van der Waals surface area contributed by atoms with Crippen LogP contribution in [-0.4, -0.2) is 25.5 Å². The number of hydrogen-bond acceptors (Lipinski definition) is 4. The molecule has 1 atom stereocenters. The van der Waals surface area contributed by atoms with Crippen LogP contribution >= 0.6 is 0 Å². The van der Waals surface area contributed by atoms with Gasteiger partial charge in [-0.25, -0.2) is 4.68 Å². The molecule has 2 aromatic heterocycles. The summed E-state index contributed by atoms with van der Waals surface area (Å²) in [5.74, 6) is -0.484. The lowest BCUT2D eigenvalue weighted by Crippen LogP contribution is -2.35. The Labute approximate surface area is 164 Å². The highest BCUT2D eigenvalue weighted by Crippen LogP contribution is 2.29. The molecule has 0 aliphatic rings. The van der Waals surface area contributed by atoms with Crippen molar-refractivity contribution in [2.24, 2.45) is 0 Å². The summed E-state index contributed by atoms with van der Waals surface area (Å²) in [5.41, 5.74) is -0.0994. The average Bonchev–Trinajstić information content (AvgIpc) is 3.08. The zero-order chi connectivity index (χ0) is 21.3. The monoisotopic (exact) mass is 407 g/mol. The summed E-state index contributed by atoms with van der Waals surface area (Å²) < 4.78 is 40.7. The molecule has 0 aliphatic heterocycles. The number of nitrogens with one attached hydrogen (secondary N) is 1. The molecule has 1 aromatic carbocycles. The fraction of sp³-hybridized carbons (Fsp3) is 0.368. The van der Waals surface area contributed by atoms with Crippen LogP contribution in [0.1, 0.15) is 44.0 Å². The van der Waals surface area contributed by atoms with E-state index < -0.39 is 29.2 Å². The standard InChI is InChI=1S/C19H20F3N5O2/c1-11(2)27-16-9-23-26(18(29)15(16)8-24-27)10-17(28)25-12(3)13-4-6-14(7-5-13)19(20,21)22/h4-9,11-12H,10H2,1-3H3,(H,25,28). The lowest BCUT2D eigenvalue weighted by atomic mass is 10.1. The lowest BCUT2D eigenvalue weighted by molar-refractivity contribution is -0.137. The number of carbonyl (C=O) groups excluding carboxylic acids is 1. The highest BCUT2D eigenvalue weighted by Gasteiger charge is 2.30. The van der Waals surface area contributed by atoms with E-state index >= 15 is 0 Å². The van der Waals surface area contributed by atoms with Crippen LogP contribution in [0.25, 0.3) is 10.9 Å². The second-order valence-corrected chi connectivity index (χ2v) is 7.00. The minimum Gasteiger partial charge on any atom is -0.348 e. The Bertz CT molecular complexity index is 1080. The molecule has 3 rings (SSSR count). The summed E-state index contributed by atoms with van der Waals surface area (Å²) >= 11 is 0. The van der Waals surface area contributed by atoms with E-state index in [2.05, 4.69) is 15.5 Å². The van der Waals surface area contributed by atoms with E-state index in [1.807, 2.05) is 13.8 Å². The normalized spacial score (nSPS) is 13.1. The number of amides is 1. The molecule has 10 heteroatoms. The second kappa shape index (κ2) is 7.69. The van der Waals surface area contributed by atoms with Crippen LogP contribution in [0.3, 0.4) is 0 Å². The Hall–Kier alpha value is -3.17. The van der Waals surface area contributed by atoms with Crippen LogP contribution in [-0.2, 0) is 17.5 Å². The van der Waals surface area contributed by atoms with Crippen molar-refractivity contribution in [1.29, 1.82) is 0 Å². The van der Waals surface area contributed by atoms with Crippen LogP contribution < -0.4 is 10.9 Å². The number of hydrogen-bond donors (Lipinski definition) is 1. The fourth-order valence-electron chi connectivity index (χ4n) is 2.97. The topological polar surface area (TPSA) is 81.8 Å². The average molecular weight is 407 g/mol. The highest BCUT2D eigenvalue weighted by molar-refractivity contribution is 5.78. The molecule has 154 valence electrons. The van der Waals surface area contributed by atoms with E-state index in [4.69, 9.17) is 0 Å². The minimum absolute atomic E-state index is 0.0532. The molecule has 0 saturated heterocycles. The van der Waals surface area contributed by atoms with Gasteiger partial charge in [0.1, 0.15) is 6.54 Å². The van der Waals surface area contributed by atoms with Gasteiger partial charge in [0.05, 0.1) is 34.9 Å². The molecule has 0 radical (unpaired) electrons. The Morgan fingerprint density at radius 2 is 1.76 bits per heavy atom. The first-order chi connectivity index (χ1) is 13.6. The van der Waals surface area contributed by atoms with Gasteiger partial charge in [-0.05, 0) is 38.5 Å². The molecule has 0 fully saturated rings. The van der Waals surface area contributed by atoms with E-state index in [-0.39, 0.29) is 12.6 Å². The third-order valence-electron chi connectivity index (χ3n) is 4.52. The molecule has 29 heavy (non-hydrogen) atoms. The number of carbonyl (C=O) groups is 1. The molecular formula is C19H20F3N5O2. The first kappa shape index (κ1) is 20.6. The van der Waals surface area contributed by atoms with Crippen molar-refractivity contribution in [2.45, 2.75) is 45.6 Å². The predicted molar refractivity (Wildman–Crippen MR) is 100 cm³/mol. The van der Waals surface area contributed by atoms with Gasteiger partial charge in [0.15, 0.2) is 0 Å². The quantitative estimate of drug-likeness (QED) is 0.705. The summed E-state index contributed by atoms with van der Waals surface area (Å²) in [6.07, 6.45) is -1.49. The molecule has 0 spiro atoms. The van der Waals surface area contributed by atoms with Gasteiger partial charge in [0.2, 0.25) is 5.91 Å². The van der Waals surface area contributed by atoms with Gasteiger partial charge in [-0.15, -0.1) is 0 Å². The van der Waals surface area contributed by atoms with E-state index in [0.717, 1.165) is 16.8 Å². The lowest BCUT2D eigenvalue weighted by Gasteiger charge is -2.16. The third-order valence-corrected chi connectivity index (χ3v) is 4.52. The molecule has 2 heterocycles. The van der Waals surface area contributed by atoms with Crippen molar-refractivity contribution in [3.05, 3.63) is 58.1 Å². The number of halogens is 3. The van der Waals surface area contributed by atoms with Gasteiger partial charge in [-0.3, -0.25) is 14.3 Å². The second-order valence-electron chi connectivity index (χ2n) is 7.00. The SMILES string of the molecule is CC(NC(=O)Cn1ncc2c(cnn2C(C)C)c1=O)c1ccc(C(F)(F)F)cc1. The van der Waals surface area contributed by atoms with E-state index in [1.165, 1.54) is 24.5 Å². The van der Waals surface area contributed by atoms with Gasteiger partial charge in [0.25, 0.3) is 5.56 Å². The molecule has 7 nitrogen and oxygen atoms in total. The smallest absolute Gasteiger partial charge is 0.348 e. The van der Waals surface area contributed by atoms with Crippen molar-refractivity contribution in [3.63, 3.8) is 0 Å². The number of benzene rings is 1. The van der Waals surface area contributed by atoms with Crippen molar-refractivity contribution >= 4 is 16.8 Å². The van der Waals surface area contributed by atoms with Crippen LogP contribution in [0.15, 0.2) is 41.5 Å². The zero-order valence-corrected chi connectivity index (χ0v) is 16.1. The number of aromatic nitrogens is 4. The zero-order valence-electron chi connectivity index (χ0n) is 16.1. The molecule has 0 aliphatic carbocycles. The van der Waals surface area contributed by atoms with Crippen LogP contribution in [0.5, 0.6) is 0 Å². The summed E-state index contributed by atoms with van der Waals surface area (Å²) in [6, 6.07) is 4.06. The predicted octanol–water partition coefficient (Wildman–Crippen LogP) is 3.07. The van der Waals surface area contributed by atoms with Crippen LogP contribution in [0.2, 0.25) is 0 Å². The van der Waals surface area contributed by atoms with Gasteiger partial charge >= 0.3 is 6.18 Å². The Morgan fingerprint density at radius 3 is 2.34 bits per heavy atom. The van der Waals surface area contributed by atoms with Crippen LogP contribution in [0.4, 0.5) is 13.2 Å². The van der Waals surface area contributed by atoms with Crippen molar-refractivity contribution in [3.8, 4) is 0 Å². The summed E-state index contributed by atoms with van der Waals surface area (Å²) in [7, 11) is 0. The maximum absolute atomic E-state index is 12.7. The van der Waals surface area contributed by atoms with Crippen molar-refractivity contribution in [1.82, 2.24) is 24.9 Å². The first-order valence-corrected chi connectivity index (χ1v) is 8.97. The first-order valence-electron chi connectivity index (χ1n) is 8.97. The number of fused-ring (bicyclic) bond motifs is 1. The van der Waals surface area contributed by atoms with Gasteiger partial charge in [0, 0.05) is 6.04 Å². The molecule has 1 unspecified atom stereocenters. The number of alkyl halides is 3. The summed E-state index contributed by atoms with van der Waals surface area (Å²) in [4.78, 5) is 24.9. The maximum atomic E-state index is 12.7. The third kappa shape index (κ3) is 4.30. The molecular weight excluding hydrogens is 387 g/mol. The minimum atomic E-state index is -4.42. The molecule has 1 amide bonds. The fourth-order valence-corrected chi connectivity index (χ4v) is 2.97. The Balaban J connectivity index is 1.72. The Kier molecular flexibility index (Phi) is 5.45. The summed E-state index contributed by atoms with van der Waals surface area (Å²) in [5, 5.41) is 11.2. The van der Waals surface area contributed by atoms with Crippen molar-refractivity contribution < 1.29 is 18.0 Å². The van der Waals surface area contributed by atoms with Gasteiger partial charge in [-0.1, -0.05) is 12.1 Å². The van der Waals surface area contributed by atoms with Gasteiger partial charge in [-0.2, -0.15) is 23.4 Å². The summed E-state index contributed by atoms with van der Waals surface area (Å²) in [6.45, 7) is 5.18. The largest absolute Gasteiger partial charge is 0.416 e. The number of nitrogens with zero attached hydrogens (tertiary/aromatic N) is 4. The van der Waals surface area contributed by atoms with Crippen molar-refractivity contribution in [2.75, 3.05) is 0 Å². The van der Waals surface area contributed by atoms with E-state index in [0.29, 0.717) is 16.5 Å². The molecule has 0 saturated carbocycles. The van der Waals surface area contributed by atoms with Gasteiger partial charge < -0.3 is 5.32 Å². The molecule has 1 N–H and O–H groups in total. The number of rotatable bonds is 5. The molecule has 0 bridgehead atoms. The van der Waals surface area contributed by atoms with E-state index in [9.17, 15) is 22.8 Å². The maximum Gasteiger partial charge on any atom is 0.416 e. The molecule has 3 aromatic rings. The van der Waals surface area contributed by atoms with Crippen LogP contribution in [0, 0.1) is 0 Å².